The Morgan fingerprint density at radius 1 is 1.08 bits per heavy atom. The highest BCUT2D eigenvalue weighted by Gasteiger charge is 2.27. The molecule has 6 heteroatoms. The summed E-state index contributed by atoms with van der Waals surface area (Å²) in [7, 11) is 0. The van der Waals surface area contributed by atoms with Gasteiger partial charge in [-0.15, -0.1) is 0 Å². The monoisotopic (exact) mass is 323 g/mol. The molecule has 0 unspecified atom stereocenters. The highest BCUT2D eigenvalue weighted by molar-refractivity contribution is 5.95. The van der Waals surface area contributed by atoms with Crippen molar-refractivity contribution < 1.29 is 4.79 Å². The van der Waals surface area contributed by atoms with Gasteiger partial charge >= 0.3 is 0 Å². The number of hydrogen-bond donors (Lipinski definition) is 1. The first-order valence-electron chi connectivity index (χ1n) is 8.30. The topological polar surface area (TPSA) is 53.4 Å². The zero-order valence-corrected chi connectivity index (χ0v) is 13.8. The molecule has 2 aliphatic rings. The molecular weight excluding hydrogens is 302 g/mol. The van der Waals surface area contributed by atoms with E-state index in [0.29, 0.717) is 6.54 Å². The molecule has 1 fully saturated rings. The predicted octanol–water partition coefficient (Wildman–Crippen LogP) is 1.93. The van der Waals surface area contributed by atoms with Crippen LogP contribution in [-0.4, -0.2) is 46.8 Å². The smallest absolute Gasteiger partial charge is 0.253 e. The molecule has 2 aliphatic heterocycles. The number of nitrogens with one attached hydrogen (secondary N) is 1. The summed E-state index contributed by atoms with van der Waals surface area (Å²) in [4.78, 5) is 17.2. The number of benzene rings is 1. The van der Waals surface area contributed by atoms with Crippen LogP contribution in [0.5, 0.6) is 0 Å². The average Bonchev–Trinajstić information content (AvgIpc) is 3.08. The molecule has 1 aromatic heterocycles. The molecule has 3 heterocycles. The minimum absolute atomic E-state index is 0.119. The van der Waals surface area contributed by atoms with E-state index in [-0.39, 0.29) is 5.91 Å². The predicted molar refractivity (Wildman–Crippen MR) is 93.8 cm³/mol. The van der Waals surface area contributed by atoms with Gasteiger partial charge in [0, 0.05) is 43.6 Å². The first-order valence-corrected chi connectivity index (χ1v) is 8.30. The standard InChI is InChI=1S/C18H21N5O/c1-14-16(13-23-17(20-14)7-8-19-23)18(24)22-11-9-21(10-12-22)15-5-3-2-4-6-15/h2-8,20H,9-13H2,1H3. The first-order chi connectivity index (χ1) is 11.7. The summed E-state index contributed by atoms with van der Waals surface area (Å²) in [5.74, 6) is 1.06. The van der Waals surface area contributed by atoms with Crippen molar-refractivity contribution >= 4 is 17.4 Å². The second-order valence-corrected chi connectivity index (χ2v) is 6.22. The van der Waals surface area contributed by atoms with Crippen molar-refractivity contribution in [1.82, 2.24) is 14.7 Å². The van der Waals surface area contributed by atoms with Gasteiger partial charge in [0.25, 0.3) is 5.91 Å². The van der Waals surface area contributed by atoms with Crippen LogP contribution in [0.1, 0.15) is 6.92 Å². The zero-order valence-electron chi connectivity index (χ0n) is 13.8. The molecule has 1 N–H and O–H groups in total. The molecular formula is C18H21N5O. The number of hydrogen-bond acceptors (Lipinski definition) is 4. The maximum atomic E-state index is 12.9. The molecule has 0 radical (unpaired) electrons. The molecule has 124 valence electrons. The molecule has 4 rings (SSSR count). The molecule has 6 nitrogen and oxygen atoms in total. The largest absolute Gasteiger partial charge is 0.368 e. The normalized spacial score (nSPS) is 17.5. The lowest BCUT2D eigenvalue weighted by atomic mass is 10.1. The van der Waals surface area contributed by atoms with Crippen LogP contribution in [0.3, 0.4) is 0 Å². The van der Waals surface area contributed by atoms with Gasteiger partial charge in [0.1, 0.15) is 5.82 Å². The lowest BCUT2D eigenvalue weighted by molar-refractivity contribution is -0.127. The Bertz CT molecular complexity index is 772. The number of amides is 1. The Kier molecular flexibility index (Phi) is 3.72. The Morgan fingerprint density at radius 2 is 1.83 bits per heavy atom. The number of fused-ring (bicyclic) bond motifs is 1. The molecule has 1 amide bonds. The van der Waals surface area contributed by atoms with Gasteiger partial charge in [0.15, 0.2) is 0 Å². The van der Waals surface area contributed by atoms with Crippen LogP contribution in [-0.2, 0) is 11.3 Å². The quantitative estimate of drug-likeness (QED) is 0.917. The number of aromatic nitrogens is 2. The van der Waals surface area contributed by atoms with E-state index < -0.39 is 0 Å². The van der Waals surface area contributed by atoms with Gasteiger partial charge < -0.3 is 15.1 Å². The van der Waals surface area contributed by atoms with Crippen molar-refractivity contribution in [2.75, 3.05) is 36.4 Å². The maximum Gasteiger partial charge on any atom is 0.253 e. The average molecular weight is 323 g/mol. The third kappa shape index (κ3) is 2.64. The summed E-state index contributed by atoms with van der Waals surface area (Å²) < 4.78 is 1.83. The molecule has 0 spiro atoms. The fourth-order valence-electron chi connectivity index (χ4n) is 3.33. The number of allylic oxidation sites excluding steroid dienone is 1. The van der Waals surface area contributed by atoms with Gasteiger partial charge in [-0.25, -0.2) is 4.68 Å². The van der Waals surface area contributed by atoms with E-state index in [1.807, 2.05) is 28.6 Å². The lowest BCUT2D eigenvalue weighted by Gasteiger charge is -2.37. The lowest BCUT2D eigenvalue weighted by Crippen LogP contribution is -2.49. The van der Waals surface area contributed by atoms with Gasteiger partial charge in [0.2, 0.25) is 0 Å². The molecule has 24 heavy (non-hydrogen) atoms. The van der Waals surface area contributed by atoms with Gasteiger partial charge in [-0.05, 0) is 19.1 Å². The van der Waals surface area contributed by atoms with Crippen molar-refractivity contribution in [2.24, 2.45) is 0 Å². The summed E-state index contributed by atoms with van der Waals surface area (Å²) in [5, 5.41) is 7.53. The van der Waals surface area contributed by atoms with Crippen LogP contribution >= 0.6 is 0 Å². The molecule has 0 saturated carbocycles. The minimum atomic E-state index is 0.119. The number of piperazine rings is 1. The highest BCUT2D eigenvalue weighted by atomic mass is 16.2. The fourth-order valence-corrected chi connectivity index (χ4v) is 3.33. The third-order valence-corrected chi connectivity index (χ3v) is 4.74. The van der Waals surface area contributed by atoms with Crippen LogP contribution in [0.4, 0.5) is 11.5 Å². The molecule has 0 atom stereocenters. The minimum Gasteiger partial charge on any atom is -0.368 e. The first kappa shape index (κ1) is 14.8. The fraction of sp³-hybridized carbons (Fsp3) is 0.333. The highest BCUT2D eigenvalue weighted by Crippen LogP contribution is 2.23. The summed E-state index contributed by atoms with van der Waals surface area (Å²) >= 11 is 0. The Morgan fingerprint density at radius 3 is 2.58 bits per heavy atom. The van der Waals surface area contributed by atoms with E-state index in [1.165, 1.54) is 5.69 Å². The van der Waals surface area contributed by atoms with Crippen molar-refractivity contribution in [2.45, 2.75) is 13.5 Å². The second-order valence-electron chi connectivity index (χ2n) is 6.22. The van der Waals surface area contributed by atoms with Gasteiger partial charge in [-0.2, -0.15) is 5.10 Å². The molecule has 2 aromatic rings. The Balaban J connectivity index is 1.43. The molecule has 0 aliphatic carbocycles. The number of para-hydroxylation sites is 1. The van der Waals surface area contributed by atoms with E-state index in [2.05, 4.69) is 39.6 Å². The van der Waals surface area contributed by atoms with E-state index in [1.54, 1.807) is 6.20 Å². The van der Waals surface area contributed by atoms with Gasteiger partial charge in [-0.3, -0.25) is 4.79 Å². The van der Waals surface area contributed by atoms with Crippen LogP contribution in [0.2, 0.25) is 0 Å². The SMILES string of the molecule is CC1=C(C(=O)N2CCN(c3ccccc3)CC2)Cn2nccc2N1. The van der Waals surface area contributed by atoms with Crippen molar-refractivity contribution in [1.29, 1.82) is 0 Å². The number of carbonyl (C=O) groups excluding carboxylic acids is 1. The Hall–Kier alpha value is -2.76. The second kappa shape index (κ2) is 6.03. The van der Waals surface area contributed by atoms with Crippen LogP contribution < -0.4 is 10.2 Å². The van der Waals surface area contributed by atoms with E-state index in [4.69, 9.17) is 0 Å². The number of carbonyl (C=O) groups is 1. The maximum absolute atomic E-state index is 12.9. The zero-order chi connectivity index (χ0) is 16.5. The van der Waals surface area contributed by atoms with Crippen LogP contribution in [0, 0.1) is 0 Å². The van der Waals surface area contributed by atoms with Crippen molar-refractivity contribution in [3.05, 3.63) is 53.9 Å². The van der Waals surface area contributed by atoms with E-state index in [0.717, 1.165) is 43.3 Å². The molecule has 1 saturated heterocycles. The van der Waals surface area contributed by atoms with E-state index >= 15 is 0 Å². The summed E-state index contributed by atoms with van der Waals surface area (Å²) in [6, 6.07) is 12.3. The van der Waals surface area contributed by atoms with Crippen molar-refractivity contribution in [3.63, 3.8) is 0 Å². The Labute approximate surface area is 141 Å². The summed E-state index contributed by atoms with van der Waals surface area (Å²) in [5.41, 5.74) is 2.96. The molecule has 0 bridgehead atoms. The van der Waals surface area contributed by atoms with Crippen LogP contribution in [0.15, 0.2) is 53.9 Å². The summed E-state index contributed by atoms with van der Waals surface area (Å²) in [6.07, 6.45) is 1.75. The third-order valence-electron chi connectivity index (χ3n) is 4.74. The van der Waals surface area contributed by atoms with Crippen molar-refractivity contribution in [3.8, 4) is 0 Å². The van der Waals surface area contributed by atoms with E-state index in [9.17, 15) is 4.79 Å². The number of anilines is 2. The molecule has 1 aromatic carbocycles. The van der Waals surface area contributed by atoms with Gasteiger partial charge in [-0.1, -0.05) is 18.2 Å². The number of nitrogens with zero attached hydrogens (tertiary/aromatic N) is 4. The summed E-state index contributed by atoms with van der Waals surface area (Å²) in [6.45, 7) is 5.72. The number of rotatable bonds is 2. The van der Waals surface area contributed by atoms with Crippen LogP contribution in [0.25, 0.3) is 0 Å². The van der Waals surface area contributed by atoms with Gasteiger partial charge in [0.05, 0.1) is 18.3 Å².